The van der Waals surface area contributed by atoms with E-state index < -0.39 is 11.8 Å². The molecule has 0 N–H and O–H groups in total. The summed E-state index contributed by atoms with van der Waals surface area (Å²) in [5.74, 6) is 2.13. The largest absolute Gasteiger partial charge is 0.426 e. The number of carbonyl (C=O) groups excluding carboxylic acids is 2. The first-order chi connectivity index (χ1) is 14.7. The van der Waals surface area contributed by atoms with Crippen molar-refractivity contribution < 1.29 is 19.1 Å². The Morgan fingerprint density at radius 3 is 1.50 bits per heavy atom. The van der Waals surface area contributed by atoms with E-state index in [9.17, 15) is 9.59 Å². The molecular weight excluding hydrogens is 376 g/mol. The molecule has 0 saturated heterocycles. The van der Waals surface area contributed by atoms with Crippen molar-refractivity contribution in [3.05, 3.63) is 72.8 Å². The Hall–Kier alpha value is -2.88. The fraction of sp³-hybridized carbons (Fsp3) is 0.385. The highest BCUT2D eigenvalue weighted by Crippen LogP contribution is 2.69. The zero-order valence-corrected chi connectivity index (χ0v) is 16.6. The second-order valence-corrected chi connectivity index (χ2v) is 9.19. The van der Waals surface area contributed by atoms with Crippen LogP contribution in [-0.4, -0.2) is 11.9 Å². The fourth-order valence-electron chi connectivity index (χ4n) is 7.03. The molecule has 2 aromatic carbocycles. The summed E-state index contributed by atoms with van der Waals surface area (Å²) in [6.07, 6.45) is 6.77. The van der Waals surface area contributed by atoms with Gasteiger partial charge in [-0.15, -0.1) is 0 Å². The molecular formula is C26H24O4. The predicted octanol–water partition coefficient (Wildman–Crippen LogP) is 4.52. The molecule has 4 heteroatoms. The van der Waals surface area contributed by atoms with Crippen LogP contribution in [0.5, 0.6) is 11.5 Å². The molecule has 4 bridgehead atoms. The molecule has 0 aromatic heterocycles. The number of carbonyl (C=O) groups is 2. The normalized spacial score (nSPS) is 37.2. The summed E-state index contributed by atoms with van der Waals surface area (Å²) in [6, 6.07) is 18.3. The van der Waals surface area contributed by atoms with Crippen LogP contribution in [0.1, 0.15) is 12.8 Å². The first-order valence-electron chi connectivity index (χ1n) is 10.9. The topological polar surface area (TPSA) is 52.6 Å². The van der Waals surface area contributed by atoms with Gasteiger partial charge in [-0.05, 0) is 72.6 Å². The third kappa shape index (κ3) is 2.66. The molecule has 2 aromatic rings. The van der Waals surface area contributed by atoms with Crippen LogP contribution >= 0.6 is 0 Å². The third-order valence-electron chi connectivity index (χ3n) is 7.89. The lowest BCUT2D eigenvalue weighted by Crippen LogP contribution is -2.46. The highest BCUT2D eigenvalue weighted by Gasteiger charge is 2.68. The second kappa shape index (κ2) is 6.83. The minimum Gasteiger partial charge on any atom is -0.426 e. The quantitative estimate of drug-likeness (QED) is 0.328. The predicted molar refractivity (Wildman–Crippen MR) is 110 cm³/mol. The molecule has 6 rings (SSSR count). The van der Waals surface area contributed by atoms with Crippen LogP contribution in [0.4, 0.5) is 0 Å². The Labute approximate surface area is 175 Å². The Balaban J connectivity index is 1.31. The van der Waals surface area contributed by atoms with Crippen molar-refractivity contribution in [3.8, 4) is 11.5 Å². The molecule has 0 spiro atoms. The number of fused-ring (bicyclic) bond motifs is 9. The summed E-state index contributed by atoms with van der Waals surface area (Å²) in [4.78, 5) is 26.6. The van der Waals surface area contributed by atoms with E-state index in [-0.39, 0.29) is 23.8 Å². The first kappa shape index (κ1) is 17.9. The molecule has 0 heterocycles. The SMILES string of the molecule is O=C(Oc1ccccc1)C1C2CC(C1C(=O)Oc1ccccc1)C1C3C=CC(C3)C21. The molecule has 3 fully saturated rings. The summed E-state index contributed by atoms with van der Waals surface area (Å²) >= 11 is 0. The van der Waals surface area contributed by atoms with Crippen molar-refractivity contribution in [2.45, 2.75) is 12.8 Å². The van der Waals surface area contributed by atoms with Crippen LogP contribution in [0.25, 0.3) is 0 Å². The average molecular weight is 400 g/mol. The lowest BCUT2D eigenvalue weighted by atomic mass is 9.65. The Morgan fingerprint density at radius 1 is 0.633 bits per heavy atom. The minimum absolute atomic E-state index is 0.199. The van der Waals surface area contributed by atoms with Crippen molar-refractivity contribution >= 4 is 11.9 Å². The number of benzene rings is 2. The third-order valence-corrected chi connectivity index (χ3v) is 7.89. The molecule has 152 valence electrons. The summed E-state index contributed by atoms with van der Waals surface area (Å²) in [5, 5.41) is 0. The maximum absolute atomic E-state index is 13.3. The van der Waals surface area contributed by atoms with Crippen LogP contribution in [0.15, 0.2) is 72.8 Å². The summed E-state index contributed by atoms with van der Waals surface area (Å²) in [7, 11) is 0. The number of rotatable bonds is 4. The molecule has 0 radical (unpaired) electrons. The van der Waals surface area contributed by atoms with E-state index in [4.69, 9.17) is 9.47 Å². The van der Waals surface area contributed by atoms with Gasteiger partial charge in [0.1, 0.15) is 11.5 Å². The molecule has 4 nitrogen and oxygen atoms in total. The molecule has 4 aliphatic rings. The van der Waals surface area contributed by atoms with Crippen molar-refractivity contribution in [1.29, 1.82) is 0 Å². The highest BCUT2D eigenvalue weighted by atomic mass is 16.5. The van der Waals surface area contributed by atoms with Gasteiger partial charge in [0, 0.05) is 0 Å². The van der Waals surface area contributed by atoms with E-state index in [0.717, 1.165) is 6.42 Å². The van der Waals surface area contributed by atoms with Gasteiger partial charge < -0.3 is 9.47 Å². The van der Waals surface area contributed by atoms with E-state index >= 15 is 0 Å². The number of hydrogen-bond acceptors (Lipinski definition) is 4. The van der Waals surface area contributed by atoms with Crippen molar-refractivity contribution in [3.63, 3.8) is 0 Å². The smallest absolute Gasteiger partial charge is 0.315 e. The van der Waals surface area contributed by atoms with Crippen molar-refractivity contribution in [2.24, 2.45) is 47.3 Å². The molecule has 30 heavy (non-hydrogen) atoms. The van der Waals surface area contributed by atoms with Crippen molar-refractivity contribution in [2.75, 3.05) is 0 Å². The van der Waals surface area contributed by atoms with Crippen LogP contribution in [0.2, 0.25) is 0 Å². The van der Waals surface area contributed by atoms with Crippen LogP contribution in [0, 0.1) is 47.3 Å². The van der Waals surface area contributed by atoms with Gasteiger partial charge in [-0.1, -0.05) is 48.6 Å². The van der Waals surface area contributed by atoms with E-state index in [0.29, 0.717) is 35.2 Å². The number of ether oxygens (including phenoxy) is 2. The van der Waals surface area contributed by atoms with Gasteiger partial charge in [0.25, 0.3) is 0 Å². The Bertz CT molecular complexity index is 919. The highest BCUT2D eigenvalue weighted by molar-refractivity contribution is 5.86. The fourth-order valence-corrected chi connectivity index (χ4v) is 7.03. The summed E-state index contributed by atoms with van der Waals surface area (Å²) in [5.41, 5.74) is 0. The zero-order valence-electron chi connectivity index (χ0n) is 16.6. The van der Waals surface area contributed by atoms with Crippen molar-refractivity contribution in [1.82, 2.24) is 0 Å². The second-order valence-electron chi connectivity index (χ2n) is 9.19. The first-order valence-corrected chi connectivity index (χ1v) is 10.9. The number of allylic oxidation sites excluding steroid dienone is 2. The van der Waals surface area contributed by atoms with Gasteiger partial charge in [-0.25, -0.2) is 0 Å². The molecule has 0 aliphatic heterocycles. The van der Waals surface area contributed by atoms with Crippen LogP contribution < -0.4 is 9.47 Å². The van der Waals surface area contributed by atoms with Gasteiger partial charge in [0.15, 0.2) is 0 Å². The van der Waals surface area contributed by atoms with Crippen LogP contribution in [0.3, 0.4) is 0 Å². The molecule has 8 unspecified atom stereocenters. The van der Waals surface area contributed by atoms with E-state index in [2.05, 4.69) is 12.2 Å². The molecule has 3 saturated carbocycles. The summed E-state index contributed by atoms with van der Waals surface area (Å²) in [6.45, 7) is 0. The minimum atomic E-state index is -0.430. The maximum Gasteiger partial charge on any atom is 0.315 e. The van der Waals surface area contributed by atoms with Gasteiger partial charge in [-0.3, -0.25) is 9.59 Å². The maximum atomic E-state index is 13.3. The standard InChI is InChI=1S/C26H24O4/c27-25(29-17-7-3-1-4-8-17)23-19-14-20(22-16-12-11-15(13-16)21(19)22)24(23)26(28)30-18-9-5-2-6-10-18/h1-12,15-16,19-24H,13-14H2. The average Bonchev–Trinajstić information content (AvgIpc) is 3.53. The van der Waals surface area contributed by atoms with E-state index in [1.54, 1.807) is 24.3 Å². The molecule has 4 aliphatic carbocycles. The van der Waals surface area contributed by atoms with Gasteiger partial charge >= 0.3 is 11.9 Å². The summed E-state index contributed by atoms with van der Waals surface area (Å²) < 4.78 is 11.5. The number of para-hydroxylation sites is 2. The monoisotopic (exact) mass is 400 g/mol. The molecule has 0 amide bonds. The Morgan fingerprint density at radius 2 is 1.07 bits per heavy atom. The van der Waals surface area contributed by atoms with Gasteiger partial charge in [0.2, 0.25) is 0 Å². The van der Waals surface area contributed by atoms with E-state index in [1.165, 1.54) is 6.42 Å². The zero-order chi connectivity index (χ0) is 20.2. The van der Waals surface area contributed by atoms with E-state index in [1.807, 2.05) is 36.4 Å². The molecule has 8 atom stereocenters. The van der Waals surface area contributed by atoms with Gasteiger partial charge in [0.05, 0.1) is 11.8 Å². The lowest BCUT2D eigenvalue weighted by Gasteiger charge is -2.39. The number of hydrogen-bond donors (Lipinski definition) is 0. The lowest BCUT2D eigenvalue weighted by molar-refractivity contribution is -0.155. The Kier molecular flexibility index (Phi) is 4.08. The van der Waals surface area contributed by atoms with Gasteiger partial charge in [-0.2, -0.15) is 0 Å². The van der Waals surface area contributed by atoms with Crippen LogP contribution in [-0.2, 0) is 9.59 Å². The number of esters is 2.